The van der Waals surface area contributed by atoms with Crippen molar-refractivity contribution in [3.63, 3.8) is 0 Å². The van der Waals surface area contributed by atoms with Gasteiger partial charge in [0.15, 0.2) is 5.82 Å². The van der Waals surface area contributed by atoms with Crippen molar-refractivity contribution in [2.45, 2.75) is 5.41 Å². The zero-order chi connectivity index (χ0) is 38.6. The van der Waals surface area contributed by atoms with Crippen LogP contribution in [0.4, 0.5) is 0 Å². The quantitative estimate of drug-likeness (QED) is 0.176. The van der Waals surface area contributed by atoms with Gasteiger partial charge in [0.1, 0.15) is 17.6 Å². The molecule has 11 rings (SSSR count). The first-order chi connectivity index (χ1) is 28.7. The van der Waals surface area contributed by atoms with Crippen LogP contribution >= 0.6 is 0 Å². The van der Waals surface area contributed by atoms with E-state index in [9.17, 15) is 5.26 Å². The van der Waals surface area contributed by atoms with Crippen LogP contribution in [0, 0.1) is 11.3 Å². The third-order valence-electron chi connectivity index (χ3n) is 11.6. The van der Waals surface area contributed by atoms with Crippen LogP contribution in [0.2, 0.25) is 0 Å². The van der Waals surface area contributed by atoms with Gasteiger partial charge in [-0.2, -0.15) is 5.26 Å². The Morgan fingerprint density at radius 2 is 0.828 bits per heavy atom. The van der Waals surface area contributed by atoms with Crippen LogP contribution in [0.15, 0.2) is 200 Å². The molecule has 0 fully saturated rings. The summed E-state index contributed by atoms with van der Waals surface area (Å²) in [6.45, 7) is 0. The summed E-state index contributed by atoms with van der Waals surface area (Å²) >= 11 is 0. The third kappa shape index (κ3) is 5.15. The highest BCUT2D eigenvalue weighted by Gasteiger charge is 2.51. The highest BCUT2D eigenvalue weighted by atomic mass is 16.5. The van der Waals surface area contributed by atoms with E-state index in [1.54, 1.807) is 0 Å². The van der Waals surface area contributed by atoms with Crippen LogP contribution in [0.5, 0.6) is 11.5 Å². The van der Waals surface area contributed by atoms with Crippen molar-refractivity contribution >= 4 is 0 Å². The van der Waals surface area contributed by atoms with E-state index in [0.717, 1.165) is 67.2 Å². The van der Waals surface area contributed by atoms with E-state index < -0.39 is 5.41 Å². The number of nitriles is 1. The lowest BCUT2D eigenvalue weighted by atomic mass is 9.65. The molecule has 9 aromatic rings. The Balaban J connectivity index is 1.06. The van der Waals surface area contributed by atoms with Gasteiger partial charge < -0.3 is 4.74 Å². The third-order valence-corrected chi connectivity index (χ3v) is 11.6. The summed E-state index contributed by atoms with van der Waals surface area (Å²) < 4.78 is 6.98. The van der Waals surface area contributed by atoms with Gasteiger partial charge in [-0.25, -0.2) is 9.97 Å². The highest BCUT2D eigenvalue weighted by Crippen LogP contribution is 2.63. The van der Waals surface area contributed by atoms with Gasteiger partial charge in [0, 0.05) is 33.4 Å². The van der Waals surface area contributed by atoms with Gasteiger partial charge in [-0.15, -0.1) is 0 Å². The molecule has 1 spiro atoms. The van der Waals surface area contributed by atoms with Gasteiger partial charge in [0.25, 0.3) is 0 Å². The monoisotopic (exact) mass is 739 g/mol. The molecule has 8 aromatic carbocycles. The van der Waals surface area contributed by atoms with Crippen molar-refractivity contribution < 1.29 is 4.74 Å². The summed E-state index contributed by atoms with van der Waals surface area (Å²) in [5.41, 5.74) is 15.5. The lowest BCUT2D eigenvalue weighted by Gasteiger charge is -2.40. The first kappa shape index (κ1) is 33.5. The Morgan fingerprint density at radius 3 is 1.45 bits per heavy atom. The summed E-state index contributed by atoms with van der Waals surface area (Å²) in [6, 6.07) is 71.8. The fourth-order valence-corrected chi connectivity index (χ4v) is 9.06. The van der Waals surface area contributed by atoms with Crippen LogP contribution in [-0.2, 0) is 5.41 Å². The van der Waals surface area contributed by atoms with Gasteiger partial charge >= 0.3 is 0 Å². The molecule has 58 heavy (non-hydrogen) atoms. The maximum atomic E-state index is 10.4. The molecular weight excluding hydrogens is 707 g/mol. The maximum absolute atomic E-state index is 10.4. The molecule has 0 N–H and O–H groups in total. The molecule has 2 heterocycles. The Bertz CT molecular complexity index is 3010. The maximum Gasteiger partial charge on any atom is 0.160 e. The zero-order valence-corrected chi connectivity index (χ0v) is 31.3. The van der Waals surface area contributed by atoms with Gasteiger partial charge in [-0.1, -0.05) is 176 Å². The van der Waals surface area contributed by atoms with Gasteiger partial charge in [-0.05, 0) is 63.2 Å². The van der Waals surface area contributed by atoms with Crippen molar-refractivity contribution in [2.75, 3.05) is 0 Å². The number of hydrogen-bond acceptors (Lipinski definition) is 4. The number of hydrogen-bond donors (Lipinski definition) is 0. The molecule has 1 aliphatic carbocycles. The first-order valence-electron chi connectivity index (χ1n) is 19.5. The summed E-state index contributed by atoms with van der Waals surface area (Å²) in [5.74, 6) is 2.03. The smallest absolute Gasteiger partial charge is 0.160 e. The standard InChI is InChI=1S/C54H33N3O/c55-34-41-23-13-29-47-51(41)58-52-42(26-14-30-48(52)54(47)45-27-9-7-24-43(45)44-25-8-10-28-46(44)54)39-21-11-19-37(31-39)38-20-12-22-40(32-38)53-56-49(35-15-3-1-4-16-35)33-50(57-53)36-17-5-2-6-18-36/h1-33H. The number of fused-ring (bicyclic) bond motifs is 9. The SMILES string of the molecule is N#Cc1cccc2c1Oc1c(-c3cccc(-c4cccc(-c5nc(-c6ccccc6)cc(-c6ccccc6)n5)c4)c3)cccc1C21c2ccccc2-c2ccccc21. The largest absolute Gasteiger partial charge is 0.455 e. The second kappa shape index (κ2) is 13.4. The second-order valence-corrected chi connectivity index (χ2v) is 14.8. The molecular formula is C54H33N3O. The normalized spacial score (nSPS) is 12.7. The van der Waals surface area contributed by atoms with Crippen LogP contribution in [0.1, 0.15) is 27.8 Å². The summed E-state index contributed by atoms with van der Waals surface area (Å²) in [5, 5.41) is 10.4. The predicted octanol–water partition coefficient (Wildman–Crippen LogP) is 13.2. The molecule has 4 heteroatoms. The van der Waals surface area contributed by atoms with E-state index in [4.69, 9.17) is 14.7 Å². The van der Waals surface area contributed by atoms with E-state index >= 15 is 0 Å². The van der Waals surface area contributed by atoms with E-state index in [2.05, 4.69) is 158 Å². The molecule has 1 aromatic heterocycles. The molecule has 0 saturated heterocycles. The van der Waals surface area contributed by atoms with Crippen molar-refractivity contribution in [2.24, 2.45) is 0 Å². The molecule has 1 aliphatic heterocycles. The minimum absolute atomic E-state index is 0.513. The Labute approximate surface area is 337 Å². The minimum atomic E-state index is -0.669. The zero-order valence-electron chi connectivity index (χ0n) is 31.3. The number of benzene rings is 8. The number of ether oxygens (including phenoxy) is 1. The Hall–Kier alpha value is -7.87. The van der Waals surface area contributed by atoms with Crippen LogP contribution in [0.25, 0.3) is 67.3 Å². The Kier molecular flexibility index (Phi) is 7.74. The molecule has 0 atom stereocenters. The van der Waals surface area contributed by atoms with Crippen LogP contribution < -0.4 is 4.74 Å². The fraction of sp³-hybridized carbons (Fsp3) is 0.0185. The summed E-state index contributed by atoms with van der Waals surface area (Å²) in [4.78, 5) is 10.2. The molecule has 0 radical (unpaired) electrons. The average molecular weight is 740 g/mol. The van der Waals surface area contributed by atoms with E-state index in [1.807, 2.05) is 48.5 Å². The highest BCUT2D eigenvalue weighted by molar-refractivity contribution is 5.91. The van der Waals surface area contributed by atoms with Gasteiger partial charge in [0.05, 0.1) is 22.4 Å². The van der Waals surface area contributed by atoms with Crippen molar-refractivity contribution in [3.8, 4) is 84.9 Å². The number of nitrogens with zero attached hydrogens (tertiary/aromatic N) is 3. The minimum Gasteiger partial charge on any atom is -0.455 e. The molecule has 270 valence electrons. The lowest BCUT2D eigenvalue weighted by Crippen LogP contribution is -2.32. The number of rotatable bonds is 5. The molecule has 0 unspecified atom stereocenters. The van der Waals surface area contributed by atoms with E-state index in [1.165, 1.54) is 22.3 Å². The molecule has 0 saturated carbocycles. The topological polar surface area (TPSA) is 58.8 Å². The van der Waals surface area contributed by atoms with E-state index in [0.29, 0.717) is 17.1 Å². The van der Waals surface area contributed by atoms with Gasteiger partial charge in [0.2, 0.25) is 0 Å². The van der Waals surface area contributed by atoms with Crippen LogP contribution in [-0.4, -0.2) is 9.97 Å². The molecule has 4 nitrogen and oxygen atoms in total. The number of para-hydroxylation sites is 2. The molecule has 0 bridgehead atoms. The summed E-state index contributed by atoms with van der Waals surface area (Å²) in [6.07, 6.45) is 0. The average Bonchev–Trinajstić information content (AvgIpc) is 3.60. The van der Waals surface area contributed by atoms with Crippen LogP contribution in [0.3, 0.4) is 0 Å². The van der Waals surface area contributed by atoms with E-state index in [-0.39, 0.29) is 0 Å². The molecule has 2 aliphatic rings. The summed E-state index contributed by atoms with van der Waals surface area (Å²) in [7, 11) is 0. The van der Waals surface area contributed by atoms with Crippen molar-refractivity contribution in [1.82, 2.24) is 9.97 Å². The van der Waals surface area contributed by atoms with Gasteiger partial charge in [-0.3, -0.25) is 0 Å². The van der Waals surface area contributed by atoms with Crippen molar-refractivity contribution in [3.05, 3.63) is 228 Å². The molecule has 0 amide bonds. The lowest BCUT2D eigenvalue weighted by molar-refractivity contribution is 0.436. The second-order valence-electron chi connectivity index (χ2n) is 14.8. The number of aromatic nitrogens is 2. The fourth-order valence-electron chi connectivity index (χ4n) is 9.06. The predicted molar refractivity (Wildman–Crippen MR) is 231 cm³/mol. The Morgan fingerprint density at radius 1 is 0.379 bits per heavy atom. The van der Waals surface area contributed by atoms with Crippen molar-refractivity contribution in [1.29, 1.82) is 5.26 Å². The first-order valence-corrected chi connectivity index (χ1v) is 19.5.